The number of anilines is 3. The van der Waals surface area contributed by atoms with Gasteiger partial charge in [0, 0.05) is 37.2 Å². The first-order valence-corrected chi connectivity index (χ1v) is 18.6. The second-order valence-electron chi connectivity index (χ2n) is 13.3. The maximum atomic E-state index is 2.41. The molecule has 9 aromatic carbocycles. The molecule has 0 saturated heterocycles. The van der Waals surface area contributed by atoms with Gasteiger partial charge in [0.15, 0.2) is 0 Å². The highest BCUT2D eigenvalue weighted by Gasteiger charge is 2.17. The fourth-order valence-electron chi connectivity index (χ4n) is 7.79. The van der Waals surface area contributed by atoms with Gasteiger partial charge < -0.3 is 4.90 Å². The third kappa shape index (κ3) is 5.24. The summed E-state index contributed by atoms with van der Waals surface area (Å²) in [5.74, 6) is 0. The number of rotatable bonds is 6. The highest BCUT2D eigenvalue weighted by atomic mass is 32.1. The molecule has 0 aliphatic heterocycles. The number of benzene rings is 9. The molecule has 2 heteroatoms. The molecule has 0 N–H and O–H groups in total. The quantitative estimate of drug-likeness (QED) is 0.158. The average Bonchev–Trinajstić information content (AvgIpc) is 3.58. The summed E-state index contributed by atoms with van der Waals surface area (Å²) in [5.41, 5.74) is 10.6. The first-order chi connectivity index (χ1) is 25.8. The normalized spacial score (nSPS) is 11.5. The van der Waals surface area contributed by atoms with Crippen LogP contribution in [0.15, 0.2) is 200 Å². The smallest absolute Gasteiger partial charge is 0.0468 e. The minimum atomic E-state index is 1.11. The van der Waals surface area contributed by atoms with Gasteiger partial charge in [0.1, 0.15) is 0 Å². The lowest BCUT2D eigenvalue weighted by molar-refractivity contribution is 1.29. The van der Waals surface area contributed by atoms with Crippen molar-refractivity contribution in [1.82, 2.24) is 0 Å². The van der Waals surface area contributed by atoms with E-state index in [2.05, 4.69) is 205 Å². The van der Waals surface area contributed by atoms with E-state index in [-0.39, 0.29) is 0 Å². The zero-order valence-electron chi connectivity index (χ0n) is 28.4. The molecule has 1 heterocycles. The van der Waals surface area contributed by atoms with E-state index in [4.69, 9.17) is 0 Å². The second-order valence-corrected chi connectivity index (χ2v) is 14.4. The highest BCUT2D eigenvalue weighted by molar-refractivity contribution is 7.25. The molecule has 0 radical (unpaired) electrons. The van der Waals surface area contributed by atoms with Crippen LogP contribution in [-0.2, 0) is 0 Å². The van der Waals surface area contributed by atoms with Gasteiger partial charge in [0.05, 0.1) is 0 Å². The summed E-state index contributed by atoms with van der Waals surface area (Å²) in [6.07, 6.45) is 0. The lowest BCUT2D eigenvalue weighted by Crippen LogP contribution is -2.10. The summed E-state index contributed by atoms with van der Waals surface area (Å²) >= 11 is 1.87. The summed E-state index contributed by atoms with van der Waals surface area (Å²) < 4.78 is 2.66. The van der Waals surface area contributed by atoms with Crippen LogP contribution in [0.5, 0.6) is 0 Å². The minimum Gasteiger partial charge on any atom is -0.310 e. The molecule has 10 rings (SSSR count). The van der Waals surface area contributed by atoms with Crippen LogP contribution in [0.1, 0.15) is 0 Å². The van der Waals surface area contributed by atoms with Gasteiger partial charge in [0.25, 0.3) is 0 Å². The first kappa shape index (κ1) is 30.4. The van der Waals surface area contributed by atoms with Crippen LogP contribution in [0.3, 0.4) is 0 Å². The number of fused-ring (bicyclic) bond motifs is 6. The van der Waals surface area contributed by atoms with Crippen molar-refractivity contribution in [3.8, 4) is 33.4 Å². The number of para-hydroxylation sites is 1. The van der Waals surface area contributed by atoms with E-state index in [0.717, 1.165) is 17.1 Å². The SMILES string of the molecule is c1ccc(-c2ccccc2-c2ccccc2-c2cccc(N(c3ccccc3)c3ccc4ccc5cc6sc7ccccc7c6cc5c4c3)c2)cc1. The summed E-state index contributed by atoms with van der Waals surface area (Å²) in [5, 5.41) is 7.70. The Labute approximate surface area is 307 Å². The molecule has 0 saturated carbocycles. The van der Waals surface area contributed by atoms with Gasteiger partial charge >= 0.3 is 0 Å². The number of nitrogens with zero attached hydrogens (tertiary/aromatic N) is 1. The Bertz CT molecular complexity index is 2910. The molecule has 1 aromatic heterocycles. The van der Waals surface area contributed by atoms with E-state index in [0.29, 0.717) is 0 Å². The topological polar surface area (TPSA) is 3.24 Å². The summed E-state index contributed by atoms with van der Waals surface area (Å²) in [6, 6.07) is 72.9. The Kier molecular flexibility index (Phi) is 7.41. The van der Waals surface area contributed by atoms with Crippen molar-refractivity contribution >= 4 is 70.1 Å². The van der Waals surface area contributed by atoms with Gasteiger partial charge in [-0.1, -0.05) is 146 Å². The van der Waals surface area contributed by atoms with Gasteiger partial charge in [-0.25, -0.2) is 0 Å². The standard InChI is InChI=1S/C50H33NS/c1-3-14-34(15-4-1)41-20-7-9-22-43(41)44-23-10-8-21-42(44)36-16-13-19-39(30-36)51(38-17-5-2-6-18-38)40-29-28-35-26-27-37-31-50-48(33-47(37)46(35)32-40)45-24-11-12-25-49(45)52-50/h1-33H. The molecule has 1 nitrogen and oxygen atoms in total. The summed E-state index contributed by atoms with van der Waals surface area (Å²) in [6.45, 7) is 0. The Balaban J connectivity index is 1.14. The van der Waals surface area contributed by atoms with E-state index in [9.17, 15) is 0 Å². The number of hydrogen-bond donors (Lipinski definition) is 0. The molecule has 10 aromatic rings. The lowest BCUT2D eigenvalue weighted by atomic mass is 9.89. The van der Waals surface area contributed by atoms with Gasteiger partial charge in [-0.15, -0.1) is 11.3 Å². The Morgan fingerprint density at radius 3 is 1.63 bits per heavy atom. The monoisotopic (exact) mass is 679 g/mol. The lowest BCUT2D eigenvalue weighted by Gasteiger charge is -2.26. The number of thiophene rings is 1. The first-order valence-electron chi connectivity index (χ1n) is 17.8. The van der Waals surface area contributed by atoms with Gasteiger partial charge in [0.2, 0.25) is 0 Å². The van der Waals surface area contributed by atoms with Crippen LogP contribution in [-0.4, -0.2) is 0 Å². The van der Waals surface area contributed by atoms with E-state index in [1.807, 2.05) is 11.3 Å². The molecule has 0 aliphatic rings. The second kappa shape index (κ2) is 12.7. The van der Waals surface area contributed by atoms with Crippen LogP contribution in [0.4, 0.5) is 17.1 Å². The molecule has 244 valence electrons. The average molecular weight is 680 g/mol. The number of hydrogen-bond acceptors (Lipinski definition) is 2. The Hall–Kier alpha value is -6.48. The van der Waals surface area contributed by atoms with Crippen molar-refractivity contribution in [2.45, 2.75) is 0 Å². The van der Waals surface area contributed by atoms with Crippen molar-refractivity contribution in [1.29, 1.82) is 0 Å². The predicted octanol–water partition coefficient (Wildman–Crippen LogP) is 14.8. The zero-order chi connectivity index (χ0) is 34.4. The van der Waals surface area contributed by atoms with Crippen LogP contribution < -0.4 is 4.90 Å². The van der Waals surface area contributed by atoms with Gasteiger partial charge in [-0.05, 0) is 110 Å². The van der Waals surface area contributed by atoms with Gasteiger partial charge in [-0.2, -0.15) is 0 Å². The minimum absolute atomic E-state index is 1.11. The molecule has 0 bridgehead atoms. The van der Waals surface area contributed by atoms with E-state index >= 15 is 0 Å². The molecular formula is C50H33NS. The van der Waals surface area contributed by atoms with Gasteiger partial charge in [-0.3, -0.25) is 0 Å². The summed E-state index contributed by atoms with van der Waals surface area (Å²) in [4.78, 5) is 2.39. The maximum absolute atomic E-state index is 2.41. The molecular weight excluding hydrogens is 647 g/mol. The van der Waals surface area contributed by atoms with Crippen molar-refractivity contribution in [3.63, 3.8) is 0 Å². The van der Waals surface area contributed by atoms with E-state index in [1.54, 1.807) is 0 Å². The van der Waals surface area contributed by atoms with Crippen LogP contribution >= 0.6 is 11.3 Å². The summed E-state index contributed by atoms with van der Waals surface area (Å²) in [7, 11) is 0. The fraction of sp³-hybridized carbons (Fsp3) is 0. The van der Waals surface area contributed by atoms with E-state index in [1.165, 1.54) is 75.1 Å². The van der Waals surface area contributed by atoms with Crippen molar-refractivity contribution < 1.29 is 0 Å². The maximum Gasteiger partial charge on any atom is 0.0468 e. The Morgan fingerprint density at radius 1 is 0.288 bits per heavy atom. The van der Waals surface area contributed by atoms with Crippen LogP contribution in [0.25, 0.3) is 75.1 Å². The van der Waals surface area contributed by atoms with Crippen molar-refractivity contribution in [3.05, 3.63) is 200 Å². The zero-order valence-corrected chi connectivity index (χ0v) is 29.2. The van der Waals surface area contributed by atoms with E-state index < -0.39 is 0 Å². The molecule has 52 heavy (non-hydrogen) atoms. The Morgan fingerprint density at radius 2 is 0.846 bits per heavy atom. The highest BCUT2D eigenvalue weighted by Crippen LogP contribution is 2.43. The van der Waals surface area contributed by atoms with Crippen molar-refractivity contribution in [2.75, 3.05) is 4.90 Å². The molecule has 0 fully saturated rings. The largest absolute Gasteiger partial charge is 0.310 e. The third-order valence-corrected chi connectivity index (χ3v) is 11.4. The fourth-order valence-corrected chi connectivity index (χ4v) is 8.93. The van der Waals surface area contributed by atoms with Crippen LogP contribution in [0.2, 0.25) is 0 Å². The molecule has 0 spiro atoms. The molecule has 0 unspecified atom stereocenters. The van der Waals surface area contributed by atoms with Crippen molar-refractivity contribution in [2.24, 2.45) is 0 Å². The molecule has 0 amide bonds. The predicted molar refractivity (Wildman–Crippen MR) is 225 cm³/mol. The molecule has 0 atom stereocenters. The third-order valence-electron chi connectivity index (χ3n) is 10.2. The van der Waals surface area contributed by atoms with Crippen LogP contribution in [0, 0.1) is 0 Å². The molecule has 0 aliphatic carbocycles.